The van der Waals surface area contributed by atoms with Gasteiger partial charge in [0.15, 0.2) is 0 Å². The van der Waals surface area contributed by atoms with Crippen molar-refractivity contribution in [3.8, 4) is 5.75 Å². The normalized spacial score (nSPS) is 24.9. The van der Waals surface area contributed by atoms with E-state index in [-0.39, 0.29) is 13.2 Å². The van der Waals surface area contributed by atoms with Crippen molar-refractivity contribution in [2.75, 3.05) is 6.61 Å². The molecule has 8 heteroatoms. The van der Waals surface area contributed by atoms with E-state index < -0.39 is 23.4 Å². The fourth-order valence-electron chi connectivity index (χ4n) is 2.60. The molecule has 23 heavy (non-hydrogen) atoms. The van der Waals surface area contributed by atoms with Crippen LogP contribution in [0.4, 0.5) is 8.78 Å². The van der Waals surface area contributed by atoms with E-state index in [1.54, 1.807) is 24.3 Å². The molecule has 1 heterocycles. The number of rotatable bonds is 6. The smallest absolute Gasteiger partial charge is 0.257 e. The van der Waals surface area contributed by atoms with Gasteiger partial charge in [-0.15, -0.1) is 0 Å². The number of alkyl halides is 2. The van der Waals surface area contributed by atoms with E-state index in [2.05, 4.69) is 10.1 Å². The van der Waals surface area contributed by atoms with Gasteiger partial charge in [-0.05, 0) is 24.3 Å². The van der Waals surface area contributed by atoms with Crippen LogP contribution in [0.25, 0.3) is 0 Å². The molecule has 2 aromatic rings. The number of halogens is 3. The molecule has 0 bridgehead atoms. The summed E-state index contributed by atoms with van der Waals surface area (Å²) in [5, 5.41) is 15.3. The molecule has 1 aliphatic carbocycles. The quantitative estimate of drug-likeness (QED) is 0.876. The summed E-state index contributed by atoms with van der Waals surface area (Å²) in [6.45, 7) is 0.933. The maximum Gasteiger partial charge on any atom is 0.257 e. The number of aromatic nitrogens is 3. The first kappa shape index (κ1) is 16.1. The zero-order valence-corrected chi connectivity index (χ0v) is 13.2. The van der Waals surface area contributed by atoms with E-state index >= 15 is 0 Å². The molecule has 1 fully saturated rings. The largest absolute Gasteiger partial charge is 0.490 e. The Kier molecular flexibility index (Phi) is 3.80. The fraction of sp³-hybridized carbons (Fsp3) is 0.467. The van der Waals surface area contributed by atoms with Gasteiger partial charge in [-0.25, -0.2) is 18.4 Å². The predicted molar refractivity (Wildman–Crippen MR) is 79.6 cm³/mol. The highest BCUT2D eigenvalue weighted by Crippen LogP contribution is 2.66. The van der Waals surface area contributed by atoms with Crippen LogP contribution in [-0.2, 0) is 6.54 Å². The minimum Gasteiger partial charge on any atom is -0.490 e. The third-order valence-corrected chi connectivity index (χ3v) is 4.72. The third-order valence-electron chi connectivity index (χ3n) is 4.47. The summed E-state index contributed by atoms with van der Waals surface area (Å²) in [6, 6.07) is 6.48. The predicted octanol–water partition coefficient (Wildman–Crippen LogP) is 2.79. The Hall–Kier alpha value is -1.73. The van der Waals surface area contributed by atoms with Crippen molar-refractivity contribution in [1.82, 2.24) is 14.8 Å². The Morgan fingerprint density at radius 2 is 2.04 bits per heavy atom. The first-order valence-electron chi connectivity index (χ1n) is 7.07. The second-order valence-corrected chi connectivity index (χ2v) is 6.52. The lowest BCUT2D eigenvalue weighted by Gasteiger charge is -2.34. The maximum absolute atomic E-state index is 13.8. The molecule has 0 saturated heterocycles. The summed E-state index contributed by atoms with van der Waals surface area (Å²) in [7, 11) is 0. The lowest BCUT2D eigenvalue weighted by atomic mass is 9.85. The fourth-order valence-corrected chi connectivity index (χ4v) is 2.73. The van der Waals surface area contributed by atoms with Gasteiger partial charge in [0.05, 0.1) is 12.0 Å². The molecule has 1 aliphatic rings. The second kappa shape index (κ2) is 5.42. The third kappa shape index (κ3) is 2.90. The summed E-state index contributed by atoms with van der Waals surface area (Å²) >= 11 is 5.79. The molecular formula is C15H16ClF2N3O2. The van der Waals surface area contributed by atoms with Crippen LogP contribution in [0.1, 0.15) is 13.3 Å². The summed E-state index contributed by atoms with van der Waals surface area (Å²) in [5.74, 6) is -2.50. The van der Waals surface area contributed by atoms with Crippen molar-refractivity contribution in [3.63, 3.8) is 0 Å². The van der Waals surface area contributed by atoms with Gasteiger partial charge in [0, 0.05) is 11.4 Å². The van der Waals surface area contributed by atoms with Gasteiger partial charge in [-0.3, -0.25) is 0 Å². The van der Waals surface area contributed by atoms with E-state index in [9.17, 15) is 13.9 Å². The van der Waals surface area contributed by atoms with Gasteiger partial charge in [0.1, 0.15) is 30.6 Å². The highest BCUT2D eigenvalue weighted by molar-refractivity contribution is 6.30. The van der Waals surface area contributed by atoms with E-state index in [0.29, 0.717) is 10.8 Å². The van der Waals surface area contributed by atoms with Crippen molar-refractivity contribution in [3.05, 3.63) is 41.9 Å². The molecule has 1 aromatic carbocycles. The van der Waals surface area contributed by atoms with Crippen LogP contribution in [0.15, 0.2) is 36.9 Å². The van der Waals surface area contributed by atoms with Crippen molar-refractivity contribution in [1.29, 1.82) is 0 Å². The lowest BCUT2D eigenvalue weighted by molar-refractivity contribution is -0.112. The number of hydrogen-bond donors (Lipinski definition) is 1. The number of nitrogens with zero attached hydrogens (tertiary/aromatic N) is 3. The van der Waals surface area contributed by atoms with Crippen LogP contribution in [0.2, 0.25) is 5.02 Å². The number of hydrogen-bond acceptors (Lipinski definition) is 4. The Morgan fingerprint density at radius 3 is 2.57 bits per heavy atom. The number of aliphatic hydroxyl groups is 1. The highest BCUT2D eigenvalue weighted by atomic mass is 35.5. The molecule has 124 valence electrons. The molecule has 0 spiro atoms. The van der Waals surface area contributed by atoms with Gasteiger partial charge in [-0.2, -0.15) is 5.10 Å². The minimum absolute atomic E-state index is 0.132. The van der Waals surface area contributed by atoms with Gasteiger partial charge >= 0.3 is 0 Å². The van der Waals surface area contributed by atoms with Crippen LogP contribution >= 0.6 is 11.6 Å². The van der Waals surface area contributed by atoms with Crippen LogP contribution in [0.5, 0.6) is 5.75 Å². The second-order valence-electron chi connectivity index (χ2n) is 6.08. The van der Waals surface area contributed by atoms with Gasteiger partial charge in [0.2, 0.25) is 0 Å². The summed E-state index contributed by atoms with van der Waals surface area (Å²) in [4.78, 5) is 3.77. The average Bonchev–Trinajstić information content (AvgIpc) is 2.86. The Morgan fingerprint density at radius 1 is 1.39 bits per heavy atom. The van der Waals surface area contributed by atoms with Crippen LogP contribution in [-0.4, -0.2) is 38.0 Å². The van der Waals surface area contributed by atoms with Crippen molar-refractivity contribution >= 4 is 11.6 Å². The summed E-state index contributed by atoms with van der Waals surface area (Å²) in [6.07, 6.45) is 2.26. The zero-order chi connectivity index (χ0) is 16.7. The molecule has 2 unspecified atom stereocenters. The van der Waals surface area contributed by atoms with E-state index in [4.69, 9.17) is 16.3 Å². The molecule has 2 atom stereocenters. The van der Waals surface area contributed by atoms with E-state index in [1.165, 1.54) is 24.3 Å². The van der Waals surface area contributed by atoms with Gasteiger partial charge in [0.25, 0.3) is 5.92 Å². The summed E-state index contributed by atoms with van der Waals surface area (Å²) < 4.78 is 34.5. The number of ether oxygens (including phenoxy) is 1. The maximum atomic E-state index is 13.8. The molecule has 1 N–H and O–H groups in total. The van der Waals surface area contributed by atoms with Crippen molar-refractivity contribution < 1.29 is 18.6 Å². The van der Waals surface area contributed by atoms with Crippen LogP contribution in [0, 0.1) is 5.41 Å². The Bertz CT molecular complexity index is 681. The standard InChI is InChI=1S/C15H16ClF2N3O2/c1-13(6-15(13,17)18)14(22,7-21-10-19-9-20-21)8-23-12-4-2-11(16)3-5-12/h2-5,9-10,22H,6-8H2,1H3. The molecule has 0 radical (unpaired) electrons. The minimum atomic E-state index is -2.94. The molecule has 5 nitrogen and oxygen atoms in total. The van der Waals surface area contributed by atoms with Crippen LogP contribution < -0.4 is 4.74 Å². The molecule has 0 amide bonds. The summed E-state index contributed by atoms with van der Waals surface area (Å²) in [5.41, 5.74) is -3.36. The molecule has 1 aromatic heterocycles. The Labute approximate surface area is 136 Å². The first-order chi connectivity index (χ1) is 10.8. The zero-order valence-electron chi connectivity index (χ0n) is 12.4. The number of benzene rings is 1. The first-order valence-corrected chi connectivity index (χ1v) is 7.45. The average molecular weight is 344 g/mol. The van der Waals surface area contributed by atoms with Crippen molar-refractivity contribution in [2.45, 2.75) is 31.4 Å². The molecular weight excluding hydrogens is 328 g/mol. The highest BCUT2D eigenvalue weighted by Gasteiger charge is 2.77. The van der Waals surface area contributed by atoms with E-state index in [1.807, 2.05) is 0 Å². The molecule has 3 rings (SSSR count). The van der Waals surface area contributed by atoms with Crippen LogP contribution in [0.3, 0.4) is 0 Å². The van der Waals surface area contributed by atoms with Gasteiger partial charge < -0.3 is 9.84 Å². The topological polar surface area (TPSA) is 60.2 Å². The van der Waals surface area contributed by atoms with Crippen molar-refractivity contribution in [2.24, 2.45) is 5.41 Å². The Balaban J connectivity index is 1.79. The van der Waals surface area contributed by atoms with E-state index in [0.717, 1.165) is 0 Å². The SMILES string of the molecule is CC1(C(O)(COc2ccc(Cl)cc2)Cn2cncn2)CC1(F)F. The lowest BCUT2D eigenvalue weighted by Crippen LogP contribution is -2.50. The monoisotopic (exact) mass is 343 g/mol. The molecule has 0 aliphatic heterocycles. The molecule has 1 saturated carbocycles. The van der Waals surface area contributed by atoms with Gasteiger partial charge in [-0.1, -0.05) is 18.5 Å².